The summed E-state index contributed by atoms with van der Waals surface area (Å²) in [6.07, 6.45) is 2.80. The third kappa shape index (κ3) is 8.99. The Bertz CT molecular complexity index is 15.0. The summed E-state index contributed by atoms with van der Waals surface area (Å²) in [4.78, 5) is 0. The van der Waals surface area contributed by atoms with E-state index in [1.807, 2.05) is 0 Å². The molecule has 0 aliphatic carbocycles. The van der Waals surface area contributed by atoms with E-state index in [9.17, 15) is 0 Å². The van der Waals surface area contributed by atoms with Crippen molar-refractivity contribution in [3.63, 3.8) is 0 Å². The van der Waals surface area contributed by atoms with Gasteiger partial charge in [-0.2, -0.15) is 0 Å². The minimum atomic E-state index is 0. The van der Waals surface area contributed by atoms with Gasteiger partial charge >= 0.3 is 46.7 Å². The predicted octanol–water partition coefficient (Wildman–Crippen LogP) is 1.95. The van der Waals surface area contributed by atoms with Crippen molar-refractivity contribution in [1.82, 2.24) is 0 Å². The molecular weight excluding hydrogens is 247 g/mol. The summed E-state index contributed by atoms with van der Waals surface area (Å²) < 4.78 is 1.43. The Morgan fingerprint density at radius 2 is 2.00 bits per heavy atom. The van der Waals surface area contributed by atoms with Gasteiger partial charge in [0.1, 0.15) is 0 Å². The van der Waals surface area contributed by atoms with Crippen LogP contribution >= 0.6 is 17.0 Å². The molecule has 0 aliphatic rings. The van der Waals surface area contributed by atoms with Crippen LogP contribution < -0.4 is 0 Å². The second-order valence-electron chi connectivity index (χ2n) is 1.10. The summed E-state index contributed by atoms with van der Waals surface area (Å²) >= 11 is 1.68. The summed E-state index contributed by atoms with van der Waals surface area (Å²) in [5, 5.41) is 0. The molecule has 0 aromatic heterocycles. The number of hydrogen-bond acceptors (Lipinski definition) is 0. The summed E-state index contributed by atoms with van der Waals surface area (Å²) in [5.41, 5.74) is 0. The fraction of sp³-hybridized carbons (Fsp3) is 1.00. The molecule has 0 atom stereocenters. The molecule has 2 heteroatoms. The third-order valence-electron chi connectivity index (χ3n) is 0.530. The second kappa shape index (κ2) is 9.56. The van der Waals surface area contributed by atoms with Crippen LogP contribution in [-0.4, -0.2) is 22.5 Å². The maximum atomic E-state index is 2.23. The van der Waals surface area contributed by atoms with E-state index >= 15 is 0 Å². The Morgan fingerprint density at radius 3 is 2.00 bits per heavy atom. The van der Waals surface area contributed by atoms with E-state index in [0.29, 0.717) is 0 Å². The van der Waals surface area contributed by atoms with Crippen molar-refractivity contribution >= 4 is 39.5 Å². The number of unbranched alkanes of at least 4 members (excludes halogenated alkanes) is 1. The molecule has 0 saturated heterocycles. The van der Waals surface area contributed by atoms with Crippen LogP contribution in [0.2, 0.25) is 4.44 Å². The van der Waals surface area contributed by atoms with Gasteiger partial charge in [-0.25, -0.2) is 0 Å². The van der Waals surface area contributed by atoms with Crippen molar-refractivity contribution in [2.45, 2.75) is 24.2 Å². The molecular formula is C4H10BrSn. The van der Waals surface area contributed by atoms with E-state index in [2.05, 4.69) is 6.92 Å². The van der Waals surface area contributed by atoms with Gasteiger partial charge in [0, 0.05) is 0 Å². The van der Waals surface area contributed by atoms with Gasteiger partial charge in [0.2, 0.25) is 0 Å². The van der Waals surface area contributed by atoms with E-state index in [-0.39, 0.29) is 17.0 Å². The van der Waals surface area contributed by atoms with E-state index in [4.69, 9.17) is 0 Å². The molecule has 0 aliphatic heterocycles. The molecule has 0 nitrogen and oxygen atoms in total. The van der Waals surface area contributed by atoms with Gasteiger partial charge in [-0.15, -0.1) is 17.0 Å². The molecule has 0 bridgehead atoms. The van der Waals surface area contributed by atoms with Crippen LogP contribution in [0.1, 0.15) is 19.8 Å². The SMILES string of the molecule is Br.CCC[CH2][Sn]. The molecule has 0 N–H and O–H groups in total. The van der Waals surface area contributed by atoms with Crippen LogP contribution in [0.4, 0.5) is 0 Å². The van der Waals surface area contributed by atoms with E-state index in [1.165, 1.54) is 17.3 Å². The molecule has 0 heterocycles. The molecule has 3 radical (unpaired) electrons. The van der Waals surface area contributed by atoms with E-state index in [1.54, 1.807) is 22.5 Å². The van der Waals surface area contributed by atoms with Crippen molar-refractivity contribution in [3.05, 3.63) is 0 Å². The van der Waals surface area contributed by atoms with Crippen molar-refractivity contribution in [2.75, 3.05) is 0 Å². The molecule has 0 aromatic rings. The Kier molecular flexibility index (Phi) is 16.4. The first-order chi connectivity index (χ1) is 2.41. The van der Waals surface area contributed by atoms with Gasteiger partial charge in [-0.1, -0.05) is 0 Å². The minimum absolute atomic E-state index is 0. The normalized spacial score (nSPS) is 7.00. The van der Waals surface area contributed by atoms with E-state index in [0.717, 1.165) is 0 Å². The van der Waals surface area contributed by atoms with Gasteiger partial charge in [-0.3, -0.25) is 0 Å². The molecule has 0 fully saturated rings. The maximum absolute atomic E-state index is 2.23. The quantitative estimate of drug-likeness (QED) is 0.663. The van der Waals surface area contributed by atoms with Gasteiger partial charge in [0.05, 0.1) is 0 Å². The molecule has 0 spiro atoms. The van der Waals surface area contributed by atoms with Gasteiger partial charge in [0.15, 0.2) is 0 Å². The molecule has 0 unspecified atom stereocenters. The number of hydrogen-bond donors (Lipinski definition) is 0. The standard InChI is InChI=1S/C4H9.BrH.Sn/c1-3-4-2;;/h1,3-4H2,2H3;1H;. The van der Waals surface area contributed by atoms with Crippen molar-refractivity contribution in [2.24, 2.45) is 0 Å². The average Bonchev–Trinajstić information content (AvgIpc) is 1.41. The van der Waals surface area contributed by atoms with Gasteiger partial charge in [0.25, 0.3) is 0 Å². The van der Waals surface area contributed by atoms with Crippen molar-refractivity contribution in [1.29, 1.82) is 0 Å². The zero-order valence-electron chi connectivity index (χ0n) is 4.03. The van der Waals surface area contributed by atoms with Crippen LogP contribution in [-0.2, 0) is 0 Å². The second-order valence-corrected chi connectivity index (χ2v) is 2.53. The molecule has 37 valence electrons. The molecule has 6 heavy (non-hydrogen) atoms. The monoisotopic (exact) mass is 257 g/mol. The van der Waals surface area contributed by atoms with E-state index < -0.39 is 0 Å². The fourth-order valence-corrected chi connectivity index (χ4v) is 1.19. The Labute approximate surface area is 63.6 Å². The first-order valence-corrected chi connectivity index (χ1v) is 4.08. The average molecular weight is 257 g/mol. The molecule has 0 amide bonds. The van der Waals surface area contributed by atoms with Crippen molar-refractivity contribution < 1.29 is 0 Å². The predicted molar refractivity (Wildman–Crippen MR) is 35.8 cm³/mol. The topological polar surface area (TPSA) is 0 Å². The first-order valence-electron chi connectivity index (χ1n) is 2.06. The molecule has 0 saturated carbocycles. The first kappa shape index (κ1) is 10.3. The van der Waals surface area contributed by atoms with Gasteiger partial charge in [-0.05, 0) is 0 Å². The third-order valence-corrected chi connectivity index (χ3v) is 1.54. The van der Waals surface area contributed by atoms with Crippen LogP contribution in [0, 0.1) is 0 Å². The fourth-order valence-electron chi connectivity index (χ4n) is 0.177. The zero-order valence-corrected chi connectivity index (χ0v) is 8.60. The Hall–Kier alpha value is 1.28. The van der Waals surface area contributed by atoms with Crippen LogP contribution in [0.5, 0.6) is 0 Å². The van der Waals surface area contributed by atoms with Crippen molar-refractivity contribution in [3.8, 4) is 0 Å². The Balaban J connectivity index is 0. The van der Waals surface area contributed by atoms with Gasteiger partial charge < -0.3 is 0 Å². The van der Waals surface area contributed by atoms with Crippen LogP contribution in [0.15, 0.2) is 0 Å². The Morgan fingerprint density at radius 1 is 1.50 bits per heavy atom. The summed E-state index contributed by atoms with van der Waals surface area (Å²) in [6, 6.07) is 0. The summed E-state index contributed by atoms with van der Waals surface area (Å²) in [7, 11) is 0. The molecule has 0 rings (SSSR count). The summed E-state index contributed by atoms with van der Waals surface area (Å²) in [5.74, 6) is 0. The summed E-state index contributed by atoms with van der Waals surface area (Å²) in [6.45, 7) is 2.23. The van der Waals surface area contributed by atoms with Crippen LogP contribution in [0.25, 0.3) is 0 Å². The van der Waals surface area contributed by atoms with Crippen LogP contribution in [0.3, 0.4) is 0 Å². The zero-order chi connectivity index (χ0) is 4.12. The molecule has 0 aromatic carbocycles. The number of halogens is 1. The number of rotatable bonds is 2.